The van der Waals surface area contributed by atoms with Gasteiger partial charge in [0.15, 0.2) is 25.2 Å². The van der Waals surface area contributed by atoms with E-state index in [1.807, 2.05) is 44.2 Å². The Balaban J connectivity index is 0.761. The molecule has 4 aliphatic heterocycles. The summed E-state index contributed by atoms with van der Waals surface area (Å²) in [5, 5.41) is 79.0. The van der Waals surface area contributed by atoms with Gasteiger partial charge in [-0.3, -0.25) is 4.98 Å². The Kier molecular flexibility index (Phi) is 20.2. The van der Waals surface area contributed by atoms with E-state index in [1.54, 1.807) is 59.4 Å². The first kappa shape index (κ1) is 65.3. The zero-order valence-electron chi connectivity index (χ0n) is 50.7. The molecule has 1 aromatic heterocycles. The summed E-state index contributed by atoms with van der Waals surface area (Å²) < 4.78 is 80.9. The number of aromatic nitrogens is 1. The third-order valence-electron chi connectivity index (χ3n) is 21.3. The predicted octanol–water partition coefficient (Wildman–Crippen LogP) is 3.51. The molecule has 23 heteroatoms. The quantitative estimate of drug-likeness (QED) is 0.0638. The molecule has 8 aliphatic rings. The van der Waals surface area contributed by atoms with Crippen LogP contribution in [0.1, 0.15) is 122 Å². The highest BCUT2D eigenvalue weighted by Gasteiger charge is 2.77. The van der Waals surface area contributed by atoms with E-state index in [0.29, 0.717) is 25.7 Å². The van der Waals surface area contributed by atoms with Crippen LogP contribution in [0.2, 0.25) is 0 Å². The van der Waals surface area contributed by atoms with Crippen LogP contribution in [-0.2, 0) is 66.4 Å². The summed E-state index contributed by atoms with van der Waals surface area (Å²) in [7, 11) is 4.54. The fraction of sp³-hybridized carbons (Fsp3) is 0.762. The SMILES string of the molecule is CO[C@@H]1[C@@H](O)[C@H](O[C@@H]2[C@@H](C)O[C@@H](O[C@H]3[C@@H](OC)C[C@H](O[C@H]4CC[C@@]5(C)[C@@H](CC[C@@H]6[C@@H]5C[C@@H](OC(=O)C=Cc5ccccc5)[C@]5(C)[C@](O)([C@H](C)OC(=O)c7cccnc7)CC[C@]65O)C4)O[C@@H]3C)C[C@H]2OC)O[C@H](C)[C@H]1O[C@@H]1O[C@H](CO)[C@@H](O)[C@H](O)[C@H]1O. The van der Waals surface area contributed by atoms with Crippen molar-refractivity contribution in [1.29, 1.82) is 0 Å². The van der Waals surface area contributed by atoms with Gasteiger partial charge in [0.05, 0.1) is 59.8 Å². The van der Waals surface area contributed by atoms with Gasteiger partial charge in [0.25, 0.3) is 0 Å². The molecule has 2 aromatic rings. The average Bonchev–Trinajstić information content (AvgIpc) is 1.48. The Morgan fingerprint density at radius 2 is 1.34 bits per heavy atom. The van der Waals surface area contributed by atoms with Gasteiger partial charge in [0, 0.05) is 52.6 Å². The van der Waals surface area contributed by atoms with Gasteiger partial charge < -0.3 is 97.3 Å². The molecule has 0 bridgehead atoms. The summed E-state index contributed by atoms with van der Waals surface area (Å²) in [5.74, 6) is -1.38. The van der Waals surface area contributed by atoms with E-state index in [2.05, 4.69) is 11.9 Å². The highest BCUT2D eigenvalue weighted by atomic mass is 16.8. The minimum atomic E-state index is -1.77. The zero-order valence-corrected chi connectivity index (χ0v) is 50.7. The monoisotopic (exact) mass is 1210 g/mol. The molecule has 0 amide bonds. The second-order valence-corrected chi connectivity index (χ2v) is 25.7. The average molecular weight is 1210 g/mol. The zero-order chi connectivity index (χ0) is 61.6. The van der Waals surface area contributed by atoms with Crippen LogP contribution >= 0.6 is 0 Å². The van der Waals surface area contributed by atoms with Crippen LogP contribution in [-0.4, -0.2) is 221 Å². The Morgan fingerprint density at radius 1 is 0.686 bits per heavy atom. The van der Waals surface area contributed by atoms with E-state index in [0.717, 1.165) is 24.8 Å². The van der Waals surface area contributed by atoms with Crippen molar-refractivity contribution in [2.75, 3.05) is 27.9 Å². The molecule has 7 N–H and O–H groups in total. The molecular weight excluding hydrogens is 1120 g/mol. The lowest BCUT2D eigenvalue weighted by Crippen LogP contribution is -2.72. The molecule has 0 radical (unpaired) electrons. The van der Waals surface area contributed by atoms with Crippen molar-refractivity contribution < 1.29 is 107 Å². The summed E-state index contributed by atoms with van der Waals surface area (Å²) in [5.41, 5.74) is -3.92. The molecular formula is C63H91NO22. The van der Waals surface area contributed by atoms with Crippen molar-refractivity contribution in [2.45, 2.75) is 246 Å². The molecule has 10 rings (SSSR count). The number of fused-ring (bicyclic) bond motifs is 5. The minimum absolute atomic E-state index is 0.0830. The first-order valence-electron chi connectivity index (χ1n) is 30.7. The maximum absolute atomic E-state index is 14.0. The second kappa shape index (κ2) is 26.7. The molecule has 23 nitrogen and oxygen atoms in total. The summed E-state index contributed by atoms with van der Waals surface area (Å²) in [4.78, 5) is 31.5. The van der Waals surface area contributed by atoms with Gasteiger partial charge in [-0.05, 0) is 126 Å². The number of hydrogen-bond acceptors (Lipinski definition) is 23. The summed E-state index contributed by atoms with van der Waals surface area (Å²) in [6, 6.07) is 12.6. The Hall–Kier alpha value is -3.67. The maximum Gasteiger partial charge on any atom is 0.340 e. The van der Waals surface area contributed by atoms with Crippen molar-refractivity contribution in [3.8, 4) is 0 Å². The fourth-order valence-corrected chi connectivity index (χ4v) is 16.3. The molecule has 0 spiro atoms. The van der Waals surface area contributed by atoms with Gasteiger partial charge in [-0.1, -0.05) is 44.2 Å². The van der Waals surface area contributed by atoms with Crippen molar-refractivity contribution in [3.05, 3.63) is 72.1 Å². The van der Waals surface area contributed by atoms with Crippen LogP contribution in [0.5, 0.6) is 0 Å². The van der Waals surface area contributed by atoms with Crippen LogP contribution in [0.4, 0.5) is 0 Å². The van der Waals surface area contributed by atoms with Crippen LogP contribution in [0.3, 0.4) is 0 Å². The number of aliphatic hydroxyl groups excluding tert-OH is 5. The number of carbonyl (C=O) groups excluding carboxylic acids is 2. The Bertz CT molecular complexity index is 2610. The third-order valence-corrected chi connectivity index (χ3v) is 21.3. The van der Waals surface area contributed by atoms with E-state index in [9.17, 15) is 45.3 Å². The number of methoxy groups -OCH3 is 3. The number of aliphatic hydroxyl groups is 7. The van der Waals surface area contributed by atoms with Gasteiger partial charge in [0.2, 0.25) is 0 Å². The van der Waals surface area contributed by atoms with Crippen molar-refractivity contribution in [3.63, 3.8) is 0 Å². The van der Waals surface area contributed by atoms with Gasteiger partial charge in [0.1, 0.15) is 72.7 Å². The number of carbonyl (C=O) groups is 2. The third kappa shape index (κ3) is 12.2. The lowest BCUT2D eigenvalue weighted by atomic mass is 9.42. The molecule has 4 saturated heterocycles. The Labute approximate surface area is 502 Å². The summed E-state index contributed by atoms with van der Waals surface area (Å²) >= 11 is 0. The molecule has 4 aliphatic carbocycles. The van der Waals surface area contributed by atoms with Gasteiger partial charge in [-0.15, -0.1) is 0 Å². The van der Waals surface area contributed by atoms with Crippen LogP contribution < -0.4 is 0 Å². The summed E-state index contributed by atoms with van der Waals surface area (Å²) in [6.45, 7) is 10.5. The number of nitrogens with zero attached hydrogens (tertiary/aromatic N) is 1. The predicted molar refractivity (Wildman–Crippen MR) is 302 cm³/mol. The number of pyridine rings is 1. The molecule has 86 heavy (non-hydrogen) atoms. The lowest BCUT2D eigenvalue weighted by Gasteiger charge is -2.66. The maximum atomic E-state index is 14.0. The smallest absolute Gasteiger partial charge is 0.340 e. The normalized spacial score (nSPS) is 46.4. The molecule has 5 heterocycles. The van der Waals surface area contributed by atoms with E-state index in [4.69, 9.17) is 61.6 Å². The molecule has 28 atom stereocenters. The topological polar surface area (TPSA) is 309 Å². The molecule has 8 fully saturated rings. The first-order chi connectivity index (χ1) is 41.0. The lowest BCUT2D eigenvalue weighted by molar-refractivity contribution is -0.373. The minimum Gasteiger partial charge on any atom is -0.458 e. The van der Waals surface area contributed by atoms with Crippen molar-refractivity contribution in [1.82, 2.24) is 4.98 Å². The largest absolute Gasteiger partial charge is 0.458 e. The molecule has 1 aromatic carbocycles. The molecule has 0 unspecified atom stereocenters. The Morgan fingerprint density at radius 3 is 1.99 bits per heavy atom. The van der Waals surface area contributed by atoms with Crippen LogP contribution in [0, 0.1) is 28.6 Å². The number of esters is 2. The van der Waals surface area contributed by atoms with E-state index in [1.165, 1.54) is 19.4 Å². The van der Waals surface area contributed by atoms with Gasteiger partial charge in [-0.25, -0.2) is 9.59 Å². The molecule has 4 saturated carbocycles. The first-order valence-corrected chi connectivity index (χ1v) is 30.7. The number of benzene rings is 1. The van der Waals surface area contributed by atoms with Crippen molar-refractivity contribution >= 4 is 18.0 Å². The van der Waals surface area contributed by atoms with E-state index < -0.39 is 158 Å². The molecule has 480 valence electrons. The number of hydrogen-bond donors (Lipinski definition) is 7. The fourth-order valence-electron chi connectivity index (χ4n) is 16.3. The highest BCUT2D eigenvalue weighted by molar-refractivity contribution is 5.89. The van der Waals surface area contributed by atoms with Gasteiger partial charge in [-0.2, -0.15) is 0 Å². The van der Waals surface area contributed by atoms with Crippen LogP contribution in [0.25, 0.3) is 6.08 Å². The van der Waals surface area contributed by atoms with Crippen LogP contribution in [0.15, 0.2) is 60.9 Å². The highest BCUT2D eigenvalue weighted by Crippen LogP contribution is 2.71. The standard InChI is InChI=1S/C63H91NO22/c1-32-53(84-48-29-43(75-8)54(33(2)78-48)85-59-52(70)56(76-9)55(34(3)79-59)86-58-51(69)50(68)49(67)44(31-65)82-58)42(74-7)28-47(77-32)81-39-21-22-60(5)38(26-39)18-19-40-41(60)27-45(83-46(66)20-17-36-14-11-10-12-15-36)61(6)62(72,23-24-63(40,61)73)35(4)80-57(71)37-16-13-25-64-30-37/h10-17,20,25,30,32-35,38-45,47-56,58-59,65,67-70,72-73H,18-19,21-24,26-29,31H2,1-9H3/t32-,33-,34-,35+,38+,39+,40-,41+,42+,43-,44-,45-,47+,48+,49-,50+,51-,52-,53-,54-,55-,56-,58+,59+,60+,61-,62-,63+/m1/s1. The number of rotatable bonds is 18. The van der Waals surface area contributed by atoms with Gasteiger partial charge >= 0.3 is 11.9 Å². The van der Waals surface area contributed by atoms with E-state index >= 15 is 0 Å². The van der Waals surface area contributed by atoms with E-state index in [-0.39, 0.29) is 54.1 Å². The second-order valence-electron chi connectivity index (χ2n) is 25.7. The summed E-state index contributed by atoms with van der Waals surface area (Å²) in [6.07, 6.45) is -9.14. The van der Waals surface area contributed by atoms with Crippen molar-refractivity contribution in [2.24, 2.45) is 28.6 Å². The number of ether oxygens (including phenoxy) is 13.